The van der Waals surface area contributed by atoms with Crippen molar-refractivity contribution in [2.45, 2.75) is 25.7 Å². The summed E-state index contributed by atoms with van der Waals surface area (Å²) < 4.78 is 9.49. The van der Waals surface area contributed by atoms with Crippen molar-refractivity contribution in [2.24, 2.45) is 0 Å². The monoisotopic (exact) mass is 334 g/mol. The fourth-order valence-electron chi connectivity index (χ4n) is 2.18. The van der Waals surface area contributed by atoms with Gasteiger partial charge in [0.25, 0.3) is 0 Å². The number of aromatic nitrogens is 2. The summed E-state index contributed by atoms with van der Waals surface area (Å²) in [6.45, 7) is 4.41. The highest BCUT2D eigenvalue weighted by Crippen LogP contribution is 2.28. The number of esters is 1. The van der Waals surface area contributed by atoms with Crippen LogP contribution >= 0.6 is 0 Å². The second-order valence-corrected chi connectivity index (χ2v) is 5.06. The Morgan fingerprint density at radius 1 is 1.29 bits per heavy atom. The van der Waals surface area contributed by atoms with E-state index in [0.717, 1.165) is 31.8 Å². The number of carbonyl (C=O) groups is 1. The van der Waals surface area contributed by atoms with Gasteiger partial charge in [0.15, 0.2) is 5.52 Å². The number of hydrogen-bond donors (Lipinski definition) is 1. The molecule has 2 rings (SSSR count). The number of hydrogen-bond acceptors (Lipinski definition) is 8. The average Bonchev–Trinajstić information content (AvgIpc) is 3.06. The fourth-order valence-corrected chi connectivity index (χ4v) is 2.18. The molecule has 0 fully saturated rings. The lowest BCUT2D eigenvalue weighted by Gasteiger charge is -2.06. The highest BCUT2D eigenvalue weighted by atomic mass is 16.6. The minimum atomic E-state index is -0.518. The van der Waals surface area contributed by atoms with Gasteiger partial charge < -0.3 is 10.1 Å². The van der Waals surface area contributed by atoms with Gasteiger partial charge in [0.2, 0.25) is 5.52 Å². The Kier molecular flexibility index (Phi) is 6.23. The van der Waals surface area contributed by atoms with Crippen molar-refractivity contribution in [1.82, 2.24) is 10.3 Å². The molecule has 1 heterocycles. The summed E-state index contributed by atoms with van der Waals surface area (Å²) in [5.74, 6) is -0.403. The van der Waals surface area contributed by atoms with Crippen LogP contribution in [0, 0.1) is 10.1 Å². The molecule has 0 bridgehead atoms. The third-order valence-electron chi connectivity index (χ3n) is 3.39. The van der Waals surface area contributed by atoms with E-state index < -0.39 is 10.9 Å². The molecular formula is C15H18N4O5. The first-order valence-electron chi connectivity index (χ1n) is 7.56. The van der Waals surface area contributed by atoms with Crippen LogP contribution in [0.3, 0.4) is 0 Å². The molecule has 0 unspecified atom stereocenters. The number of carbonyl (C=O) groups excluding carboxylic acids is 1. The van der Waals surface area contributed by atoms with Crippen LogP contribution in [0.4, 0.5) is 11.4 Å². The third kappa shape index (κ3) is 4.51. The topological polar surface area (TPSA) is 120 Å². The van der Waals surface area contributed by atoms with Gasteiger partial charge in [0, 0.05) is 18.7 Å². The first-order valence-corrected chi connectivity index (χ1v) is 7.56. The maximum absolute atomic E-state index is 10.9. The smallest absolute Gasteiger partial charge is 0.330 e. The predicted octanol–water partition coefficient (Wildman–Crippen LogP) is 2.83. The zero-order valence-corrected chi connectivity index (χ0v) is 13.1. The number of ether oxygens (including phenoxy) is 1. The van der Waals surface area contributed by atoms with Gasteiger partial charge in [0.05, 0.1) is 17.2 Å². The molecular weight excluding hydrogens is 316 g/mol. The molecule has 24 heavy (non-hydrogen) atoms. The number of nitro benzene ring substituents is 1. The van der Waals surface area contributed by atoms with Crippen molar-refractivity contribution in [1.29, 1.82) is 0 Å². The molecule has 0 spiro atoms. The van der Waals surface area contributed by atoms with Gasteiger partial charge >= 0.3 is 11.7 Å². The van der Waals surface area contributed by atoms with Gasteiger partial charge in [-0.15, -0.1) is 0 Å². The molecule has 2 aromatic rings. The summed E-state index contributed by atoms with van der Waals surface area (Å²) in [5, 5.41) is 21.4. The van der Waals surface area contributed by atoms with Crippen LogP contribution in [-0.2, 0) is 9.53 Å². The van der Waals surface area contributed by atoms with Gasteiger partial charge in [-0.3, -0.25) is 10.1 Å². The Morgan fingerprint density at radius 3 is 2.79 bits per heavy atom. The Morgan fingerprint density at radius 2 is 2.04 bits per heavy atom. The summed E-state index contributed by atoms with van der Waals surface area (Å²) in [6, 6.07) is 2.97. The molecule has 0 amide bonds. The largest absolute Gasteiger partial charge is 0.463 e. The molecule has 1 N–H and O–H groups in total. The van der Waals surface area contributed by atoms with Gasteiger partial charge in [-0.1, -0.05) is 13.0 Å². The summed E-state index contributed by atoms with van der Waals surface area (Å²) in [6.07, 6.45) is 4.75. The first kappa shape index (κ1) is 17.4. The molecule has 128 valence electrons. The van der Waals surface area contributed by atoms with Crippen LogP contribution in [0.25, 0.3) is 11.0 Å². The van der Waals surface area contributed by atoms with Gasteiger partial charge in [-0.25, -0.2) is 9.42 Å². The summed E-state index contributed by atoms with van der Waals surface area (Å²) in [5.41, 5.74) is 0.997. The van der Waals surface area contributed by atoms with Crippen molar-refractivity contribution in [3.63, 3.8) is 0 Å². The highest BCUT2D eigenvalue weighted by Gasteiger charge is 2.19. The standard InChI is InChI=1S/C15H18N4O5/c1-2-13(20)23-10-6-4-3-5-9-16-11-7-8-12(19(21)22)15-14(11)17-24-18-15/h2,7-8,16H,1,3-6,9-10H2. The molecule has 0 atom stereocenters. The number of rotatable bonds is 10. The lowest BCUT2D eigenvalue weighted by atomic mass is 10.2. The highest BCUT2D eigenvalue weighted by molar-refractivity contribution is 5.93. The number of nitrogens with one attached hydrogen (secondary N) is 1. The third-order valence-corrected chi connectivity index (χ3v) is 3.39. The molecule has 0 radical (unpaired) electrons. The minimum absolute atomic E-state index is 0.133. The van der Waals surface area contributed by atoms with E-state index in [1.165, 1.54) is 6.07 Å². The van der Waals surface area contributed by atoms with Crippen LogP contribution in [0.15, 0.2) is 29.4 Å². The Bertz CT molecular complexity index is 728. The molecule has 9 heteroatoms. The zero-order valence-electron chi connectivity index (χ0n) is 13.1. The van der Waals surface area contributed by atoms with E-state index in [2.05, 4.69) is 26.8 Å². The Labute approximate surface area is 137 Å². The van der Waals surface area contributed by atoms with Crippen molar-refractivity contribution >= 4 is 28.4 Å². The number of nitro groups is 1. The molecule has 9 nitrogen and oxygen atoms in total. The molecule has 0 aliphatic heterocycles. The van der Waals surface area contributed by atoms with Crippen LogP contribution < -0.4 is 5.32 Å². The lowest BCUT2D eigenvalue weighted by molar-refractivity contribution is -0.383. The zero-order chi connectivity index (χ0) is 17.4. The van der Waals surface area contributed by atoms with Gasteiger partial charge in [-0.2, -0.15) is 0 Å². The number of unbranched alkanes of at least 4 members (excludes halogenated alkanes) is 3. The molecule has 1 aromatic heterocycles. The van der Waals surface area contributed by atoms with E-state index in [0.29, 0.717) is 24.4 Å². The predicted molar refractivity (Wildman–Crippen MR) is 86.6 cm³/mol. The van der Waals surface area contributed by atoms with E-state index in [1.807, 2.05) is 0 Å². The second-order valence-electron chi connectivity index (χ2n) is 5.06. The number of benzene rings is 1. The van der Waals surface area contributed by atoms with Crippen LogP contribution in [0.2, 0.25) is 0 Å². The van der Waals surface area contributed by atoms with Crippen molar-refractivity contribution in [3.05, 3.63) is 34.9 Å². The average molecular weight is 334 g/mol. The lowest BCUT2D eigenvalue weighted by Crippen LogP contribution is -2.04. The Hall–Kier alpha value is -2.97. The maximum Gasteiger partial charge on any atom is 0.330 e. The molecule has 0 saturated heterocycles. The van der Waals surface area contributed by atoms with Gasteiger partial charge in [-0.05, 0) is 35.6 Å². The minimum Gasteiger partial charge on any atom is -0.463 e. The first-order chi connectivity index (χ1) is 11.6. The SMILES string of the molecule is C=CC(=O)OCCCCCCNc1ccc([N+](=O)[O-])c2nonc12. The van der Waals surface area contributed by atoms with E-state index in [-0.39, 0.29) is 11.2 Å². The van der Waals surface area contributed by atoms with E-state index in [9.17, 15) is 14.9 Å². The quantitative estimate of drug-likeness (QED) is 0.231. The summed E-state index contributed by atoms with van der Waals surface area (Å²) in [4.78, 5) is 21.2. The molecule has 0 saturated carbocycles. The van der Waals surface area contributed by atoms with E-state index in [4.69, 9.17) is 4.74 Å². The molecule has 0 aliphatic rings. The number of non-ortho nitro benzene ring substituents is 1. The fraction of sp³-hybridized carbons (Fsp3) is 0.400. The molecule has 0 aliphatic carbocycles. The number of fused-ring (bicyclic) bond motifs is 1. The normalized spacial score (nSPS) is 10.5. The van der Waals surface area contributed by atoms with E-state index >= 15 is 0 Å². The van der Waals surface area contributed by atoms with E-state index in [1.54, 1.807) is 6.07 Å². The summed E-state index contributed by atoms with van der Waals surface area (Å²) in [7, 11) is 0. The van der Waals surface area contributed by atoms with Crippen molar-refractivity contribution in [2.75, 3.05) is 18.5 Å². The van der Waals surface area contributed by atoms with Crippen LogP contribution in [0.5, 0.6) is 0 Å². The van der Waals surface area contributed by atoms with Crippen LogP contribution in [-0.4, -0.2) is 34.4 Å². The second kappa shape index (κ2) is 8.61. The number of nitrogens with zero attached hydrogens (tertiary/aromatic N) is 3. The van der Waals surface area contributed by atoms with Crippen molar-refractivity contribution in [3.8, 4) is 0 Å². The van der Waals surface area contributed by atoms with Crippen molar-refractivity contribution < 1.29 is 19.1 Å². The molecule has 1 aromatic carbocycles. The van der Waals surface area contributed by atoms with Gasteiger partial charge in [0.1, 0.15) is 0 Å². The maximum atomic E-state index is 10.9. The summed E-state index contributed by atoms with van der Waals surface area (Å²) >= 11 is 0. The number of anilines is 1. The Balaban J connectivity index is 1.73. The van der Waals surface area contributed by atoms with Crippen LogP contribution in [0.1, 0.15) is 25.7 Å².